The van der Waals surface area contributed by atoms with Gasteiger partial charge in [-0.3, -0.25) is 9.48 Å². The molecule has 1 aromatic heterocycles. The minimum atomic E-state index is -0.395. The Morgan fingerprint density at radius 1 is 1.62 bits per heavy atom. The first kappa shape index (κ1) is 12.7. The van der Waals surface area contributed by atoms with Crippen LogP contribution in [0.3, 0.4) is 0 Å². The molecule has 1 aromatic rings. The zero-order valence-electron chi connectivity index (χ0n) is 10.4. The summed E-state index contributed by atoms with van der Waals surface area (Å²) in [6, 6.07) is 1.78. The molecule has 5 nitrogen and oxygen atoms in total. The summed E-state index contributed by atoms with van der Waals surface area (Å²) in [6.07, 6.45) is 0. The van der Waals surface area contributed by atoms with Crippen molar-refractivity contribution in [1.82, 2.24) is 15.1 Å². The molecular weight excluding hydrogens is 204 g/mol. The molecule has 3 N–H and O–H groups in total. The van der Waals surface area contributed by atoms with Gasteiger partial charge in [0.1, 0.15) is 5.69 Å². The van der Waals surface area contributed by atoms with Gasteiger partial charge < -0.3 is 11.1 Å². The smallest absolute Gasteiger partial charge is 0.270 e. The molecule has 0 spiro atoms. The van der Waals surface area contributed by atoms with Crippen molar-refractivity contribution in [2.24, 2.45) is 5.73 Å². The van der Waals surface area contributed by atoms with E-state index in [4.69, 9.17) is 5.73 Å². The molecule has 16 heavy (non-hydrogen) atoms. The number of aryl methyl sites for hydroxylation is 2. The van der Waals surface area contributed by atoms with Crippen LogP contribution in [-0.4, -0.2) is 27.8 Å². The van der Waals surface area contributed by atoms with E-state index in [0.717, 1.165) is 5.69 Å². The van der Waals surface area contributed by atoms with E-state index in [1.54, 1.807) is 10.7 Å². The fourth-order valence-electron chi connectivity index (χ4n) is 1.39. The van der Waals surface area contributed by atoms with Crippen LogP contribution in [0.1, 0.15) is 37.0 Å². The molecule has 5 heteroatoms. The fourth-order valence-corrected chi connectivity index (χ4v) is 1.39. The summed E-state index contributed by atoms with van der Waals surface area (Å²) in [4.78, 5) is 12.0. The minimum absolute atomic E-state index is 0.127. The van der Waals surface area contributed by atoms with E-state index in [9.17, 15) is 4.79 Å². The van der Waals surface area contributed by atoms with Crippen molar-refractivity contribution >= 4 is 5.91 Å². The van der Waals surface area contributed by atoms with Gasteiger partial charge in [-0.15, -0.1) is 0 Å². The standard InChI is InChI=1S/C11H20N4O/c1-5-15-9(6-8(2)14-15)10(16)13-11(3,4)7-12/h6H,5,7,12H2,1-4H3,(H,13,16). The van der Waals surface area contributed by atoms with Crippen molar-refractivity contribution in [1.29, 1.82) is 0 Å². The number of nitrogens with two attached hydrogens (primary N) is 1. The summed E-state index contributed by atoms with van der Waals surface area (Å²) in [6.45, 7) is 8.70. The molecule has 1 heterocycles. The molecule has 0 saturated heterocycles. The first-order valence-corrected chi connectivity index (χ1v) is 5.46. The fraction of sp³-hybridized carbons (Fsp3) is 0.636. The molecule has 0 bridgehead atoms. The van der Waals surface area contributed by atoms with Gasteiger partial charge in [-0.25, -0.2) is 0 Å². The van der Waals surface area contributed by atoms with E-state index < -0.39 is 5.54 Å². The van der Waals surface area contributed by atoms with Gasteiger partial charge in [0.2, 0.25) is 0 Å². The monoisotopic (exact) mass is 224 g/mol. The summed E-state index contributed by atoms with van der Waals surface area (Å²) < 4.78 is 1.69. The van der Waals surface area contributed by atoms with Crippen LogP contribution in [0.2, 0.25) is 0 Å². The third kappa shape index (κ3) is 2.82. The Labute approximate surface area is 96.0 Å². The average molecular weight is 224 g/mol. The zero-order valence-corrected chi connectivity index (χ0v) is 10.4. The van der Waals surface area contributed by atoms with E-state index >= 15 is 0 Å². The van der Waals surface area contributed by atoms with Crippen molar-refractivity contribution in [3.8, 4) is 0 Å². The maximum absolute atomic E-state index is 12.0. The molecule has 0 aliphatic carbocycles. The highest BCUT2D eigenvalue weighted by molar-refractivity contribution is 5.93. The van der Waals surface area contributed by atoms with Crippen LogP contribution in [0.15, 0.2) is 6.07 Å². The molecule has 0 atom stereocenters. The number of nitrogens with zero attached hydrogens (tertiary/aromatic N) is 2. The van der Waals surface area contributed by atoms with Gasteiger partial charge in [0.05, 0.1) is 5.69 Å². The van der Waals surface area contributed by atoms with Gasteiger partial charge in [0.15, 0.2) is 0 Å². The quantitative estimate of drug-likeness (QED) is 0.790. The Bertz CT molecular complexity index is 381. The first-order valence-electron chi connectivity index (χ1n) is 5.46. The molecule has 0 radical (unpaired) electrons. The Balaban J connectivity index is 2.88. The maximum atomic E-state index is 12.0. The molecule has 0 aliphatic rings. The van der Waals surface area contributed by atoms with Gasteiger partial charge in [-0.1, -0.05) is 0 Å². The summed E-state index contributed by atoms with van der Waals surface area (Å²) in [5.41, 5.74) is 6.61. The van der Waals surface area contributed by atoms with Crippen LogP contribution in [0.25, 0.3) is 0 Å². The molecule has 0 aliphatic heterocycles. The number of amides is 1. The summed E-state index contributed by atoms with van der Waals surface area (Å²) >= 11 is 0. The summed E-state index contributed by atoms with van der Waals surface area (Å²) in [5, 5.41) is 7.12. The SMILES string of the molecule is CCn1nc(C)cc1C(=O)NC(C)(C)CN. The summed E-state index contributed by atoms with van der Waals surface area (Å²) in [5.74, 6) is -0.127. The number of rotatable bonds is 4. The van der Waals surface area contributed by atoms with Crippen molar-refractivity contribution in [3.05, 3.63) is 17.5 Å². The van der Waals surface area contributed by atoms with Gasteiger partial charge in [-0.05, 0) is 33.8 Å². The topological polar surface area (TPSA) is 72.9 Å². The maximum Gasteiger partial charge on any atom is 0.270 e. The van der Waals surface area contributed by atoms with Crippen LogP contribution in [0.5, 0.6) is 0 Å². The number of hydrogen-bond donors (Lipinski definition) is 2. The number of carbonyl (C=O) groups excluding carboxylic acids is 1. The van der Waals surface area contributed by atoms with Crippen LogP contribution in [-0.2, 0) is 6.54 Å². The second-order valence-electron chi connectivity index (χ2n) is 4.53. The highest BCUT2D eigenvalue weighted by Gasteiger charge is 2.21. The molecule has 0 unspecified atom stereocenters. The molecular formula is C11H20N4O. The highest BCUT2D eigenvalue weighted by atomic mass is 16.2. The predicted octanol–water partition coefficient (Wildman–Crippen LogP) is 0.679. The Hall–Kier alpha value is -1.36. The van der Waals surface area contributed by atoms with E-state index in [2.05, 4.69) is 10.4 Å². The lowest BCUT2D eigenvalue weighted by atomic mass is 10.1. The molecule has 1 rings (SSSR count). The second-order valence-corrected chi connectivity index (χ2v) is 4.53. The Kier molecular flexibility index (Phi) is 3.70. The molecule has 0 fully saturated rings. The highest BCUT2D eigenvalue weighted by Crippen LogP contribution is 2.06. The van der Waals surface area contributed by atoms with Gasteiger partial charge in [0.25, 0.3) is 5.91 Å². The lowest BCUT2D eigenvalue weighted by Gasteiger charge is -2.24. The normalized spacial score (nSPS) is 11.6. The third-order valence-corrected chi connectivity index (χ3v) is 2.40. The number of hydrogen-bond acceptors (Lipinski definition) is 3. The minimum Gasteiger partial charge on any atom is -0.345 e. The summed E-state index contributed by atoms with van der Waals surface area (Å²) in [7, 11) is 0. The van der Waals surface area contributed by atoms with Crippen molar-refractivity contribution in [2.45, 2.75) is 39.8 Å². The van der Waals surface area contributed by atoms with E-state index in [0.29, 0.717) is 18.8 Å². The number of aromatic nitrogens is 2. The number of carbonyl (C=O) groups is 1. The van der Waals surface area contributed by atoms with Gasteiger partial charge >= 0.3 is 0 Å². The van der Waals surface area contributed by atoms with Crippen LogP contribution in [0, 0.1) is 6.92 Å². The van der Waals surface area contributed by atoms with Crippen LogP contribution < -0.4 is 11.1 Å². The predicted molar refractivity (Wildman–Crippen MR) is 63.2 cm³/mol. The second kappa shape index (κ2) is 4.65. The molecule has 1 amide bonds. The molecule has 90 valence electrons. The Morgan fingerprint density at radius 2 is 2.25 bits per heavy atom. The van der Waals surface area contributed by atoms with E-state index in [-0.39, 0.29) is 5.91 Å². The lowest BCUT2D eigenvalue weighted by Crippen LogP contribution is -2.49. The lowest BCUT2D eigenvalue weighted by molar-refractivity contribution is 0.0904. The molecule has 0 aromatic carbocycles. The average Bonchev–Trinajstić information content (AvgIpc) is 2.59. The van der Waals surface area contributed by atoms with Crippen molar-refractivity contribution in [2.75, 3.05) is 6.54 Å². The van der Waals surface area contributed by atoms with E-state index in [1.165, 1.54) is 0 Å². The first-order chi connectivity index (χ1) is 7.39. The third-order valence-electron chi connectivity index (χ3n) is 2.40. The van der Waals surface area contributed by atoms with Crippen LogP contribution >= 0.6 is 0 Å². The Morgan fingerprint density at radius 3 is 2.75 bits per heavy atom. The van der Waals surface area contributed by atoms with Crippen molar-refractivity contribution in [3.63, 3.8) is 0 Å². The largest absolute Gasteiger partial charge is 0.345 e. The van der Waals surface area contributed by atoms with Crippen molar-refractivity contribution < 1.29 is 4.79 Å². The van der Waals surface area contributed by atoms with Gasteiger partial charge in [-0.2, -0.15) is 5.10 Å². The van der Waals surface area contributed by atoms with Gasteiger partial charge in [0, 0.05) is 18.6 Å². The number of nitrogens with one attached hydrogen (secondary N) is 1. The molecule has 0 saturated carbocycles. The zero-order chi connectivity index (χ0) is 12.3. The van der Waals surface area contributed by atoms with Crippen LogP contribution in [0.4, 0.5) is 0 Å². The van der Waals surface area contributed by atoms with E-state index in [1.807, 2.05) is 27.7 Å².